The highest BCUT2D eigenvalue weighted by Gasteiger charge is 2.22. The smallest absolute Gasteiger partial charge is 0.336 e. The fraction of sp³-hybridized carbons (Fsp3) is 0.318. The molecule has 0 saturated heterocycles. The Morgan fingerprint density at radius 1 is 1.11 bits per heavy atom. The first-order valence-electron chi connectivity index (χ1n) is 9.32. The molecule has 0 amide bonds. The average molecular weight is 384 g/mol. The van der Waals surface area contributed by atoms with Crippen LogP contribution in [0.3, 0.4) is 0 Å². The number of ether oxygens (including phenoxy) is 1. The molecule has 4 nitrogen and oxygen atoms in total. The first-order valence-corrected chi connectivity index (χ1v) is 9.70. The maximum atomic E-state index is 12.1. The zero-order valence-electron chi connectivity index (χ0n) is 15.3. The maximum absolute atomic E-state index is 12.1. The Labute approximate surface area is 163 Å². The van der Waals surface area contributed by atoms with Crippen LogP contribution in [0.4, 0.5) is 0 Å². The largest absolute Gasteiger partial charge is 0.478 e. The summed E-state index contributed by atoms with van der Waals surface area (Å²) < 4.78 is 11.5. The van der Waals surface area contributed by atoms with E-state index < -0.39 is 0 Å². The molecule has 140 valence electrons. The average Bonchev–Trinajstić information content (AvgIpc) is 2.67. The first-order chi connectivity index (χ1) is 13.1. The van der Waals surface area contributed by atoms with Crippen LogP contribution in [0.2, 0.25) is 5.02 Å². The number of hydrogen-bond donors (Lipinski definition) is 0. The molecule has 2 aromatic carbocycles. The molecule has 0 spiro atoms. The molecule has 3 aromatic rings. The van der Waals surface area contributed by atoms with Gasteiger partial charge in [-0.05, 0) is 48.2 Å². The van der Waals surface area contributed by atoms with Gasteiger partial charge in [0.2, 0.25) is 0 Å². The molecule has 1 aromatic heterocycles. The molecule has 0 N–H and O–H groups in total. The van der Waals surface area contributed by atoms with Crippen molar-refractivity contribution >= 4 is 22.6 Å². The van der Waals surface area contributed by atoms with Crippen LogP contribution in [-0.2, 0) is 19.4 Å². The van der Waals surface area contributed by atoms with Crippen LogP contribution in [0.15, 0.2) is 51.7 Å². The van der Waals surface area contributed by atoms with Gasteiger partial charge in [-0.3, -0.25) is 4.90 Å². The highest BCUT2D eigenvalue weighted by molar-refractivity contribution is 6.30. The van der Waals surface area contributed by atoms with Gasteiger partial charge in [-0.1, -0.05) is 37.1 Å². The Morgan fingerprint density at radius 2 is 1.93 bits per heavy atom. The van der Waals surface area contributed by atoms with E-state index in [0.717, 1.165) is 53.1 Å². The van der Waals surface area contributed by atoms with Crippen molar-refractivity contribution in [3.63, 3.8) is 0 Å². The van der Waals surface area contributed by atoms with Crippen LogP contribution in [0.25, 0.3) is 11.0 Å². The van der Waals surface area contributed by atoms with E-state index in [1.54, 1.807) is 6.07 Å². The second kappa shape index (κ2) is 7.75. The van der Waals surface area contributed by atoms with E-state index >= 15 is 0 Å². The number of fused-ring (bicyclic) bond motifs is 3. The number of nitrogens with zero attached hydrogens (tertiary/aromatic N) is 1. The summed E-state index contributed by atoms with van der Waals surface area (Å²) in [5.74, 6) is 0.807. The van der Waals surface area contributed by atoms with E-state index in [1.807, 2.05) is 36.4 Å². The molecule has 0 unspecified atom stereocenters. The summed E-state index contributed by atoms with van der Waals surface area (Å²) in [6, 6.07) is 13.5. The zero-order chi connectivity index (χ0) is 18.8. The third-order valence-electron chi connectivity index (χ3n) is 4.99. The number of benzene rings is 2. The molecule has 4 rings (SSSR count). The van der Waals surface area contributed by atoms with Gasteiger partial charge in [-0.15, -0.1) is 0 Å². The number of aryl methyl sites for hydroxylation is 1. The van der Waals surface area contributed by atoms with E-state index in [0.29, 0.717) is 18.9 Å². The van der Waals surface area contributed by atoms with Crippen LogP contribution in [-0.4, -0.2) is 18.2 Å². The monoisotopic (exact) mass is 383 g/mol. The normalized spacial score (nSPS) is 14.1. The van der Waals surface area contributed by atoms with E-state index in [1.165, 1.54) is 5.56 Å². The lowest BCUT2D eigenvalue weighted by atomic mass is 10.0. The summed E-state index contributed by atoms with van der Waals surface area (Å²) in [5.41, 5.74) is 3.62. The molecule has 0 fully saturated rings. The molecule has 0 saturated carbocycles. The summed E-state index contributed by atoms with van der Waals surface area (Å²) in [4.78, 5) is 14.3. The van der Waals surface area contributed by atoms with Crippen molar-refractivity contribution in [2.75, 3.05) is 13.3 Å². The van der Waals surface area contributed by atoms with E-state index in [-0.39, 0.29) is 5.63 Å². The van der Waals surface area contributed by atoms with E-state index in [4.69, 9.17) is 20.8 Å². The SMILES string of the molecule is CCCc1cc(=O)oc2c3c(ccc12)OCN(CCc1ccc(Cl)cc1)C3. The summed E-state index contributed by atoms with van der Waals surface area (Å²) in [6.07, 6.45) is 2.76. The minimum atomic E-state index is -0.294. The molecule has 0 radical (unpaired) electrons. The van der Waals surface area contributed by atoms with Crippen molar-refractivity contribution in [1.29, 1.82) is 0 Å². The van der Waals surface area contributed by atoms with Crippen molar-refractivity contribution in [2.24, 2.45) is 0 Å². The Kier molecular flexibility index (Phi) is 5.19. The van der Waals surface area contributed by atoms with Gasteiger partial charge in [-0.25, -0.2) is 4.79 Å². The lowest BCUT2D eigenvalue weighted by Gasteiger charge is -2.29. The second-order valence-corrected chi connectivity index (χ2v) is 7.40. The quantitative estimate of drug-likeness (QED) is 0.594. The van der Waals surface area contributed by atoms with Gasteiger partial charge in [0.25, 0.3) is 0 Å². The van der Waals surface area contributed by atoms with Gasteiger partial charge < -0.3 is 9.15 Å². The van der Waals surface area contributed by atoms with E-state index in [9.17, 15) is 4.79 Å². The van der Waals surface area contributed by atoms with Crippen molar-refractivity contribution in [2.45, 2.75) is 32.7 Å². The fourth-order valence-corrected chi connectivity index (χ4v) is 3.73. The van der Waals surface area contributed by atoms with Gasteiger partial charge >= 0.3 is 5.63 Å². The molecule has 0 atom stereocenters. The fourth-order valence-electron chi connectivity index (χ4n) is 3.60. The summed E-state index contributed by atoms with van der Waals surface area (Å²) in [5, 5.41) is 1.76. The molecule has 27 heavy (non-hydrogen) atoms. The highest BCUT2D eigenvalue weighted by atomic mass is 35.5. The first kappa shape index (κ1) is 18.1. The Hall–Kier alpha value is -2.30. The number of halogens is 1. The molecular weight excluding hydrogens is 362 g/mol. The topological polar surface area (TPSA) is 42.7 Å². The maximum Gasteiger partial charge on any atom is 0.336 e. The molecule has 5 heteroatoms. The van der Waals surface area contributed by atoms with Crippen molar-refractivity contribution < 1.29 is 9.15 Å². The summed E-state index contributed by atoms with van der Waals surface area (Å²) >= 11 is 5.95. The number of hydrogen-bond acceptors (Lipinski definition) is 4. The molecule has 0 aliphatic carbocycles. The van der Waals surface area contributed by atoms with Gasteiger partial charge in [0, 0.05) is 29.6 Å². The Bertz CT molecular complexity index is 1010. The Morgan fingerprint density at radius 3 is 2.70 bits per heavy atom. The Balaban J connectivity index is 1.59. The van der Waals surface area contributed by atoms with Gasteiger partial charge in [-0.2, -0.15) is 0 Å². The highest BCUT2D eigenvalue weighted by Crippen LogP contribution is 2.33. The molecule has 0 bridgehead atoms. The summed E-state index contributed by atoms with van der Waals surface area (Å²) in [7, 11) is 0. The lowest BCUT2D eigenvalue weighted by molar-refractivity contribution is 0.0968. The van der Waals surface area contributed by atoms with Crippen molar-refractivity contribution in [3.05, 3.63) is 74.6 Å². The van der Waals surface area contributed by atoms with Gasteiger partial charge in [0.1, 0.15) is 18.1 Å². The third kappa shape index (κ3) is 3.87. The molecule has 2 heterocycles. The predicted octanol–water partition coefficient (Wildman–Crippen LogP) is 4.79. The zero-order valence-corrected chi connectivity index (χ0v) is 16.1. The lowest BCUT2D eigenvalue weighted by Crippen LogP contribution is -2.33. The van der Waals surface area contributed by atoms with Crippen molar-refractivity contribution in [3.8, 4) is 5.75 Å². The standard InChI is InChI=1S/C22H22ClNO3/c1-2-3-16-12-21(25)27-22-18(16)8-9-20-19(22)13-24(14-26-20)11-10-15-4-6-17(23)7-5-15/h4-9,12H,2-3,10-11,13-14H2,1H3. The van der Waals surface area contributed by atoms with Crippen LogP contribution >= 0.6 is 11.6 Å². The van der Waals surface area contributed by atoms with Gasteiger partial charge in [0.05, 0.1) is 5.56 Å². The van der Waals surface area contributed by atoms with Crippen molar-refractivity contribution in [1.82, 2.24) is 4.90 Å². The third-order valence-corrected chi connectivity index (χ3v) is 5.24. The van der Waals surface area contributed by atoms with Crippen LogP contribution in [0, 0.1) is 0 Å². The van der Waals surface area contributed by atoms with Crippen LogP contribution < -0.4 is 10.4 Å². The molecule has 1 aliphatic heterocycles. The predicted molar refractivity (Wildman–Crippen MR) is 108 cm³/mol. The van der Waals surface area contributed by atoms with Gasteiger partial charge in [0.15, 0.2) is 0 Å². The second-order valence-electron chi connectivity index (χ2n) is 6.96. The van der Waals surface area contributed by atoms with E-state index in [2.05, 4.69) is 11.8 Å². The minimum Gasteiger partial charge on any atom is -0.478 e. The van der Waals surface area contributed by atoms with Crippen LogP contribution in [0.1, 0.15) is 30.0 Å². The summed E-state index contributed by atoms with van der Waals surface area (Å²) in [6.45, 7) is 4.21. The molecule has 1 aliphatic rings. The molecular formula is C22H22ClNO3. The minimum absolute atomic E-state index is 0.294. The van der Waals surface area contributed by atoms with Crippen LogP contribution in [0.5, 0.6) is 5.75 Å². The number of rotatable bonds is 5.